The molecule has 2 aromatic rings. The van der Waals surface area contributed by atoms with Gasteiger partial charge in [0.05, 0.1) is 12.8 Å². The molecule has 6 nitrogen and oxygen atoms in total. The number of aromatic nitrogens is 1. The van der Waals surface area contributed by atoms with E-state index in [1.54, 1.807) is 7.11 Å². The summed E-state index contributed by atoms with van der Waals surface area (Å²) in [7, 11) is 3.46. The van der Waals surface area contributed by atoms with Crippen molar-refractivity contribution < 1.29 is 4.74 Å². The molecular weight excluding hydrogens is 386 g/mol. The monoisotopic (exact) mass is 415 g/mol. The lowest BCUT2D eigenvalue weighted by atomic mass is 10.0. The number of aliphatic imine (C=N–C) groups is 1. The fourth-order valence-electron chi connectivity index (χ4n) is 3.52. The Morgan fingerprint density at radius 3 is 2.76 bits per heavy atom. The van der Waals surface area contributed by atoms with Crippen LogP contribution >= 0.6 is 11.6 Å². The van der Waals surface area contributed by atoms with Gasteiger partial charge in [-0.3, -0.25) is 14.9 Å². The number of methoxy groups -OCH3 is 1. The first-order chi connectivity index (χ1) is 14.2. The van der Waals surface area contributed by atoms with Crippen LogP contribution in [0, 0.1) is 0 Å². The Hall–Kier alpha value is -2.31. The van der Waals surface area contributed by atoms with Gasteiger partial charge >= 0.3 is 0 Å². The summed E-state index contributed by atoms with van der Waals surface area (Å²) < 4.78 is 5.20. The van der Waals surface area contributed by atoms with Crippen molar-refractivity contribution in [3.63, 3.8) is 0 Å². The molecular formula is C22H30ClN5O. The number of halogens is 1. The lowest BCUT2D eigenvalue weighted by molar-refractivity contribution is 0.196. The summed E-state index contributed by atoms with van der Waals surface area (Å²) in [5, 5.41) is 7.68. The van der Waals surface area contributed by atoms with Gasteiger partial charge in [0.1, 0.15) is 5.75 Å². The van der Waals surface area contributed by atoms with E-state index < -0.39 is 0 Å². The Labute approximate surface area is 178 Å². The lowest BCUT2D eigenvalue weighted by Crippen LogP contribution is -2.48. The van der Waals surface area contributed by atoms with Crippen LogP contribution in [-0.2, 0) is 13.0 Å². The third-order valence-corrected chi connectivity index (χ3v) is 5.56. The van der Waals surface area contributed by atoms with Crippen molar-refractivity contribution in [2.24, 2.45) is 4.99 Å². The molecule has 1 fully saturated rings. The third kappa shape index (κ3) is 6.61. The van der Waals surface area contributed by atoms with E-state index in [-0.39, 0.29) is 0 Å². The number of hydrogen-bond acceptors (Lipinski definition) is 4. The van der Waals surface area contributed by atoms with Crippen molar-refractivity contribution in [1.82, 2.24) is 20.5 Å². The van der Waals surface area contributed by atoms with E-state index in [4.69, 9.17) is 16.3 Å². The van der Waals surface area contributed by atoms with Crippen molar-refractivity contribution in [3.8, 4) is 5.75 Å². The van der Waals surface area contributed by atoms with Crippen LogP contribution in [0.25, 0.3) is 0 Å². The molecule has 0 amide bonds. The molecule has 29 heavy (non-hydrogen) atoms. The van der Waals surface area contributed by atoms with Gasteiger partial charge in [-0.25, -0.2) is 0 Å². The second kappa shape index (κ2) is 11.0. The first-order valence-electron chi connectivity index (χ1n) is 10.1. The first kappa shape index (κ1) is 21.4. The van der Waals surface area contributed by atoms with Crippen LogP contribution < -0.4 is 15.4 Å². The molecule has 3 rings (SSSR count). The number of likely N-dealkylation sites (tertiary alicyclic amines) is 1. The normalized spacial score (nSPS) is 15.9. The molecule has 0 saturated carbocycles. The summed E-state index contributed by atoms with van der Waals surface area (Å²) in [6.07, 6.45) is 4.88. The predicted molar refractivity (Wildman–Crippen MR) is 119 cm³/mol. The standard InChI is InChI=1S/C22H30ClN5O/c1-24-22(26-12-8-17-6-7-20(29-2)15-21(17)23)27-18-9-13-28(14-10-18)16-19-5-3-4-11-25-19/h3-7,11,15,18H,8-10,12-14,16H2,1-2H3,(H2,24,26,27). The number of benzene rings is 1. The SMILES string of the molecule is CN=C(NCCc1ccc(OC)cc1Cl)NC1CCN(Cc2ccccn2)CC1. The number of nitrogens with one attached hydrogen (secondary N) is 2. The number of guanidine groups is 1. The summed E-state index contributed by atoms with van der Waals surface area (Å²) in [4.78, 5) is 11.3. The Morgan fingerprint density at radius 2 is 2.10 bits per heavy atom. The van der Waals surface area contributed by atoms with Crippen LogP contribution in [0.4, 0.5) is 0 Å². The van der Waals surface area contributed by atoms with E-state index in [1.807, 2.05) is 43.6 Å². The molecule has 1 aromatic carbocycles. The molecule has 0 bridgehead atoms. The molecule has 0 aliphatic carbocycles. The lowest BCUT2D eigenvalue weighted by Gasteiger charge is -2.32. The van der Waals surface area contributed by atoms with Crippen molar-refractivity contribution in [1.29, 1.82) is 0 Å². The van der Waals surface area contributed by atoms with E-state index in [0.717, 1.165) is 73.4 Å². The summed E-state index contributed by atoms with van der Waals surface area (Å²) in [5.74, 6) is 1.62. The fraction of sp³-hybridized carbons (Fsp3) is 0.455. The van der Waals surface area contributed by atoms with Gasteiger partial charge in [0.2, 0.25) is 0 Å². The van der Waals surface area contributed by atoms with Crippen LogP contribution in [0.5, 0.6) is 5.75 Å². The molecule has 1 aliphatic rings. The van der Waals surface area contributed by atoms with E-state index in [1.165, 1.54) is 0 Å². The molecule has 0 spiro atoms. The first-order valence-corrected chi connectivity index (χ1v) is 10.5. The molecule has 1 saturated heterocycles. The molecule has 0 radical (unpaired) electrons. The number of rotatable bonds is 7. The van der Waals surface area contributed by atoms with Gasteiger partial charge in [-0.05, 0) is 49.1 Å². The van der Waals surface area contributed by atoms with E-state index in [9.17, 15) is 0 Å². The number of ether oxygens (including phenoxy) is 1. The maximum atomic E-state index is 6.32. The quantitative estimate of drug-likeness (QED) is 0.537. The Kier molecular flexibility index (Phi) is 8.14. The highest BCUT2D eigenvalue weighted by Crippen LogP contribution is 2.22. The number of pyridine rings is 1. The largest absolute Gasteiger partial charge is 0.497 e. The summed E-state index contributed by atoms with van der Waals surface area (Å²) in [6, 6.07) is 12.3. The van der Waals surface area contributed by atoms with Gasteiger partial charge in [-0.1, -0.05) is 23.7 Å². The average molecular weight is 416 g/mol. The van der Waals surface area contributed by atoms with Crippen molar-refractivity contribution in [2.75, 3.05) is 33.8 Å². The van der Waals surface area contributed by atoms with Crippen LogP contribution in [0.15, 0.2) is 47.6 Å². The Morgan fingerprint density at radius 1 is 1.28 bits per heavy atom. The van der Waals surface area contributed by atoms with Crippen LogP contribution in [0.2, 0.25) is 5.02 Å². The van der Waals surface area contributed by atoms with Crippen molar-refractivity contribution in [3.05, 3.63) is 58.9 Å². The van der Waals surface area contributed by atoms with Crippen LogP contribution in [0.3, 0.4) is 0 Å². The summed E-state index contributed by atoms with van der Waals surface area (Å²) in [6.45, 7) is 3.81. The third-order valence-electron chi connectivity index (χ3n) is 5.21. The van der Waals surface area contributed by atoms with Crippen LogP contribution in [-0.4, -0.2) is 55.7 Å². The number of piperidine rings is 1. The van der Waals surface area contributed by atoms with E-state index >= 15 is 0 Å². The van der Waals surface area contributed by atoms with Gasteiger partial charge < -0.3 is 15.4 Å². The van der Waals surface area contributed by atoms with E-state index in [0.29, 0.717) is 6.04 Å². The maximum Gasteiger partial charge on any atom is 0.191 e. The van der Waals surface area contributed by atoms with Gasteiger partial charge in [-0.15, -0.1) is 0 Å². The van der Waals surface area contributed by atoms with E-state index in [2.05, 4.69) is 31.6 Å². The molecule has 1 aromatic heterocycles. The minimum Gasteiger partial charge on any atom is -0.497 e. The maximum absolute atomic E-state index is 6.32. The fourth-order valence-corrected chi connectivity index (χ4v) is 3.78. The zero-order valence-electron chi connectivity index (χ0n) is 17.2. The van der Waals surface area contributed by atoms with Gasteiger partial charge in [0.15, 0.2) is 5.96 Å². The number of hydrogen-bond donors (Lipinski definition) is 2. The molecule has 7 heteroatoms. The molecule has 0 unspecified atom stereocenters. The zero-order valence-corrected chi connectivity index (χ0v) is 18.0. The Balaban J connectivity index is 1.39. The van der Waals surface area contributed by atoms with Crippen LogP contribution in [0.1, 0.15) is 24.1 Å². The zero-order chi connectivity index (χ0) is 20.5. The number of nitrogens with zero attached hydrogens (tertiary/aromatic N) is 3. The average Bonchev–Trinajstić information content (AvgIpc) is 2.76. The van der Waals surface area contributed by atoms with Crippen molar-refractivity contribution >= 4 is 17.6 Å². The highest BCUT2D eigenvalue weighted by molar-refractivity contribution is 6.31. The second-order valence-corrected chi connectivity index (χ2v) is 7.63. The highest BCUT2D eigenvalue weighted by atomic mass is 35.5. The van der Waals surface area contributed by atoms with Gasteiger partial charge in [0, 0.05) is 50.5 Å². The minimum atomic E-state index is 0.436. The smallest absolute Gasteiger partial charge is 0.191 e. The topological polar surface area (TPSA) is 61.8 Å². The molecule has 0 atom stereocenters. The van der Waals surface area contributed by atoms with Crippen molar-refractivity contribution in [2.45, 2.75) is 31.8 Å². The molecule has 156 valence electrons. The highest BCUT2D eigenvalue weighted by Gasteiger charge is 2.20. The van der Waals surface area contributed by atoms with Gasteiger partial charge in [-0.2, -0.15) is 0 Å². The second-order valence-electron chi connectivity index (χ2n) is 7.22. The Bertz CT molecular complexity index is 791. The predicted octanol–water partition coefficient (Wildman–Crippen LogP) is 3.12. The summed E-state index contributed by atoms with van der Waals surface area (Å²) >= 11 is 6.32. The molecule has 2 heterocycles. The molecule has 2 N–H and O–H groups in total. The molecule has 1 aliphatic heterocycles. The summed E-state index contributed by atoms with van der Waals surface area (Å²) in [5.41, 5.74) is 2.23. The van der Waals surface area contributed by atoms with Gasteiger partial charge in [0.25, 0.3) is 0 Å². The minimum absolute atomic E-state index is 0.436.